The number of aliphatic carboxylic acids is 1. The van der Waals surface area contributed by atoms with Gasteiger partial charge in [-0.05, 0) is 0 Å². The van der Waals surface area contributed by atoms with Crippen LogP contribution in [0.3, 0.4) is 0 Å². The first kappa shape index (κ1) is 42.0. The number of carboxylic acids is 1. The molecule has 0 aliphatic heterocycles. The Kier molecular flexibility index (Phi) is 12.1. The maximum absolute atomic E-state index is 14.0. The second kappa shape index (κ2) is 12.7. The zero-order valence-electron chi connectivity index (χ0n) is 21.9. The number of carboxylic acid groups (broad SMARTS) is 1. The minimum atomic E-state index is -9.09. The number of nitrogens with zero attached hydrogens (tertiary/aromatic N) is 1. The molecule has 5 nitrogen and oxygen atoms in total. The number of hydrogen-bond donors (Lipinski definition) is 2. The highest BCUT2D eigenvalue weighted by Gasteiger charge is 2.98. The number of carbonyl (C=O) groups excluding carboxylic acids is 1. The molecule has 0 bridgehead atoms. The molecule has 0 aromatic rings. The van der Waals surface area contributed by atoms with Gasteiger partial charge in [0.25, 0.3) is 0 Å². The third kappa shape index (κ3) is 7.52. The molecule has 0 saturated heterocycles. The van der Waals surface area contributed by atoms with E-state index in [0.717, 1.165) is 0 Å². The number of nitrogens with one attached hydrogen (secondary N) is 1. The van der Waals surface area contributed by atoms with Gasteiger partial charge in [0.2, 0.25) is 0 Å². The number of quaternary nitrogens is 1. The molecule has 0 aliphatic carbocycles. The van der Waals surface area contributed by atoms with E-state index in [4.69, 9.17) is 0 Å². The zero-order valence-corrected chi connectivity index (χ0v) is 21.9. The van der Waals surface area contributed by atoms with E-state index in [1.807, 2.05) is 0 Å². The van der Waals surface area contributed by atoms with Crippen LogP contribution >= 0.6 is 0 Å². The van der Waals surface area contributed by atoms with Gasteiger partial charge >= 0.3 is 53.6 Å². The number of rotatable bonds is 17. The van der Waals surface area contributed by atoms with Crippen molar-refractivity contribution in [1.82, 2.24) is 5.32 Å². The number of carbonyl (C=O) groups is 1. The SMILES string of the molecule is C[N+](C)(CCCNCC(O)CC(F)(F)C(F)(F)C(F)(F)C(F)(F)C(F)(F)C(F)(F)C(F)(C(F)(F)F)C(F)(F)F)CCC(=O)[O-]. The van der Waals surface area contributed by atoms with Crippen LogP contribution in [0, 0.1) is 0 Å². The van der Waals surface area contributed by atoms with Gasteiger partial charge in [0.1, 0.15) is 0 Å². The minimum absolute atomic E-state index is 0.0188. The molecule has 0 aromatic heterocycles. The molecular formula is C20H23F19N2O3. The van der Waals surface area contributed by atoms with Gasteiger partial charge in [0.15, 0.2) is 0 Å². The van der Waals surface area contributed by atoms with E-state index in [1.54, 1.807) is 0 Å². The maximum atomic E-state index is 14.0. The number of aliphatic hydroxyl groups excluding tert-OH is 1. The van der Waals surface area contributed by atoms with Crippen LogP contribution in [0.25, 0.3) is 0 Å². The Balaban J connectivity index is 6.02. The second-order valence-corrected chi connectivity index (χ2v) is 10.2. The van der Waals surface area contributed by atoms with Gasteiger partial charge in [-0.2, -0.15) is 79.0 Å². The van der Waals surface area contributed by atoms with Crippen molar-refractivity contribution in [2.45, 2.75) is 78.9 Å². The number of aliphatic hydroxyl groups is 1. The Hall–Kier alpha value is -1.98. The fourth-order valence-electron chi connectivity index (χ4n) is 3.46. The summed E-state index contributed by atoms with van der Waals surface area (Å²) in [6.07, 6.45) is -23.0. The van der Waals surface area contributed by atoms with Crippen LogP contribution in [0.15, 0.2) is 0 Å². The summed E-state index contributed by atoms with van der Waals surface area (Å²) in [6.45, 7) is -1.40. The third-order valence-electron chi connectivity index (χ3n) is 6.16. The smallest absolute Gasteiger partial charge is 0.438 e. The van der Waals surface area contributed by atoms with Gasteiger partial charge in [-0.15, -0.1) is 0 Å². The molecule has 24 heteroatoms. The lowest BCUT2D eigenvalue weighted by Crippen LogP contribution is -2.77. The van der Waals surface area contributed by atoms with E-state index in [-0.39, 0.29) is 30.5 Å². The van der Waals surface area contributed by atoms with Gasteiger partial charge in [0, 0.05) is 38.3 Å². The molecule has 0 rings (SSSR count). The van der Waals surface area contributed by atoms with Crippen molar-refractivity contribution in [3.05, 3.63) is 0 Å². The quantitative estimate of drug-likeness (QED) is 0.133. The van der Waals surface area contributed by atoms with Crippen LogP contribution in [0.2, 0.25) is 0 Å². The average molecular weight is 700 g/mol. The Bertz CT molecular complexity index is 964. The van der Waals surface area contributed by atoms with Gasteiger partial charge in [0.05, 0.1) is 33.3 Å². The molecule has 0 amide bonds. The molecule has 0 spiro atoms. The van der Waals surface area contributed by atoms with E-state index >= 15 is 0 Å². The van der Waals surface area contributed by atoms with Crippen LogP contribution in [-0.2, 0) is 4.79 Å². The molecule has 0 saturated carbocycles. The fourth-order valence-corrected chi connectivity index (χ4v) is 3.46. The monoisotopic (exact) mass is 700 g/mol. The highest BCUT2D eigenvalue weighted by molar-refractivity contribution is 5.64. The Morgan fingerprint density at radius 1 is 0.682 bits per heavy atom. The second-order valence-electron chi connectivity index (χ2n) is 10.2. The number of hydrogen-bond acceptors (Lipinski definition) is 4. The van der Waals surface area contributed by atoms with Gasteiger partial charge in [-0.3, -0.25) is 0 Å². The van der Waals surface area contributed by atoms with E-state index in [9.17, 15) is 98.4 Å². The topological polar surface area (TPSA) is 72.4 Å². The summed E-state index contributed by atoms with van der Waals surface area (Å²) in [4.78, 5) is 10.5. The third-order valence-corrected chi connectivity index (χ3v) is 6.16. The summed E-state index contributed by atoms with van der Waals surface area (Å²) in [6, 6.07) is 0. The fraction of sp³-hybridized carbons (Fsp3) is 0.950. The average Bonchev–Trinajstić information content (AvgIpc) is 2.79. The summed E-state index contributed by atoms with van der Waals surface area (Å²) >= 11 is 0. The van der Waals surface area contributed by atoms with E-state index in [2.05, 4.69) is 5.32 Å². The van der Waals surface area contributed by atoms with Crippen molar-refractivity contribution in [3.8, 4) is 0 Å². The van der Waals surface area contributed by atoms with Crippen molar-refractivity contribution in [1.29, 1.82) is 0 Å². The maximum Gasteiger partial charge on any atom is 0.438 e. The summed E-state index contributed by atoms with van der Waals surface area (Å²) in [5.41, 5.74) is -8.79. The van der Waals surface area contributed by atoms with Crippen LogP contribution in [0.1, 0.15) is 19.3 Å². The lowest BCUT2D eigenvalue weighted by molar-refractivity contribution is -0.890. The predicted molar refractivity (Wildman–Crippen MR) is 105 cm³/mol. The molecule has 1 atom stereocenters. The first-order valence-electron chi connectivity index (χ1n) is 11.5. The Morgan fingerprint density at radius 2 is 1.07 bits per heavy atom. The first-order valence-corrected chi connectivity index (χ1v) is 11.5. The summed E-state index contributed by atoms with van der Waals surface area (Å²) < 4.78 is 254. The lowest BCUT2D eigenvalue weighted by atomic mass is 9.83. The van der Waals surface area contributed by atoms with Crippen molar-refractivity contribution in [2.24, 2.45) is 0 Å². The number of alkyl halides is 19. The van der Waals surface area contributed by atoms with Gasteiger partial charge < -0.3 is 24.8 Å². The van der Waals surface area contributed by atoms with Crippen LogP contribution in [-0.4, -0.2) is 115 Å². The number of halogens is 19. The van der Waals surface area contributed by atoms with E-state index in [0.29, 0.717) is 0 Å². The highest BCUT2D eigenvalue weighted by atomic mass is 19.4. The van der Waals surface area contributed by atoms with Crippen molar-refractivity contribution in [2.75, 3.05) is 40.3 Å². The molecule has 264 valence electrons. The molecule has 2 N–H and O–H groups in total. The van der Waals surface area contributed by atoms with Crippen LogP contribution in [0.5, 0.6) is 0 Å². The Labute approximate surface area is 234 Å². The first-order chi connectivity index (χ1) is 19.0. The molecular weight excluding hydrogens is 677 g/mol. The summed E-state index contributed by atoms with van der Waals surface area (Å²) in [7, 11) is 3.02. The van der Waals surface area contributed by atoms with Crippen LogP contribution in [0.4, 0.5) is 83.4 Å². The molecule has 0 radical (unpaired) electrons. The molecule has 1 unspecified atom stereocenters. The van der Waals surface area contributed by atoms with Crippen molar-refractivity contribution >= 4 is 5.97 Å². The molecule has 0 heterocycles. The largest absolute Gasteiger partial charge is 0.550 e. The predicted octanol–water partition coefficient (Wildman–Crippen LogP) is 4.58. The molecule has 0 aromatic carbocycles. The molecule has 0 aliphatic rings. The highest BCUT2D eigenvalue weighted by Crippen LogP contribution is 2.66. The van der Waals surface area contributed by atoms with E-state index in [1.165, 1.54) is 14.1 Å². The van der Waals surface area contributed by atoms with Crippen molar-refractivity contribution < 1.29 is 103 Å². The summed E-state index contributed by atoms with van der Waals surface area (Å²) in [5, 5.41) is 22.0. The molecule has 44 heavy (non-hydrogen) atoms. The van der Waals surface area contributed by atoms with Crippen molar-refractivity contribution in [3.63, 3.8) is 0 Å². The normalized spacial score (nSPS) is 16.3. The zero-order chi connectivity index (χ0) is 35.8. The van der Waals surface area contributed by atoms with Crippen LogP contribution < -0.4 is 10.4 Å². The van der Waals surface area contributed by atoms with Gasteiger partial charge in [-0.25, -0.2) is 4.39 Å². The summed E-state index contributed by atoms with van der Waals surface area (Å²) in [5.74, 6) is -52.0. The van der Waals surface area contributed by atoms with Gasteiger partial charge in [-0.1, -0.05) is 0 Å². The standard InChI is InChI=1S/C20H23F19N2O3/c1-41(2,7-4-11(43)44)6-3-5-40-9-10(42)8-12(21,22)14(24,25)16(28,29)18(32,33)17(30,31)15(26,27)13(23,19(34,35)36)20(37,38)39/h10,40,42H,3-9H2,1-2H3. The molecule has 0 fully saturated rings. The van der Waals surface area contributed by atoms with E-state index < -0.39 is 85.0 Å². The Morgan fingerprint density at radius 3 is 1.45 bits per heavy atom. The minimum Gasteiger partial charge on any atom is -0.550 e. The lowest BCUT2D eigenvalue weighted by Gasteiger charge is -2.45.